The second-order valence-corrected chi connectivity index (χ2v) is 4.81. The van der Waals surface area contributed by atoms with Gasteiger partial charge in [0.1, 0.15) is 4.60 Å². The number of hydrogen-bond acceptors (Lipinski definition) is 4. The van der Waals surface area contributed by atoms with Crippen LogP contribution in [0.1, 0.15) is 18.5 Å². The number of aryl methyl sites for hydroxylation is 1. The zero-order valence-corrected chi connectivity index (χ0v) is 12.0. The first-order valence-electron chi connectivity index (χ1n) is 5.76. The van der Waals surface area contributed by atoms with E-state index < -0.39 is 0 Å². The lowest BCUT2D eigenvalue weighted by Gasteiger charge is -2.20. The molecule has 5 heteroatoms. The average Bonchev–Trinajstić information content (AvgIpc) is 2.29. The number of nitrogens with two attached hydrogens (primary N) is 1. The SMILES string of the molecule is COCC(CCCN)Nc1ccc(Br)nc1C. The number of hydrogen-bond donors (Lipinski definition) is 2. The van der Waals surface area contributed by atoms with Crippen LogP contribution in [0.25, 0.3) is 0 Å². The largest absolute Gasteiger partial charge is 0.383 e. The highest BCUT2D eigenvalue weighted by atomic mass is 79.9. The lowest BCUT2D eigenvalue weighted by atomic mass is 10.1. The zero-order chi connectivity index (χ0) is 12.7. The maximum Gasteiger partial charge on any atom is 0.106 e. The average molecular weight is 302 g/mol. The first-order chi connectivity index (χ1) is 8.17. The van der Waals surface area contributed by atoms with Gasteiger partial charge in [-0.2, -0.15) is 0 Å². The summed E-state index contributed by atoms with van der Waals surface area (Å²) in [5, 5.41) is 3.45. The van der Waals surface area contributed by atoms with E-state index in [9.17, 15) is 0 Å². The van der Waals surface area contributed by atoms with Crippen molar-refractivity contribution >= 4 is 21.6 Å². The Morgan fingerprint density at radius 1 is 1.53 bits per heavy atom. The van der Waals surface area contributed by atoms with Crippen LogP contribution in [0.2, 0.25) is 0 Å². The zero-order valence-electron chi connectivity index (χ0n) is 10.4. The summed E-state index contributed by atoms with van der Waals surface area (Å²) in [5.41, 5.74) is 7.56. The van der Waals surface area contributed by atoms with Crippen molar-refractivity contribution in [2.45, 2.75) is 25.8 Å². The number of aromatic nitrogens is 1. The highest BCUT2D eigenvalue weighted by Gasteiger charge is 2.09. The molecule has 0 bridgehead atoms. The van der Waals surface area contributed by atoms with Gasteiger partial charge in [0.05, 0.1) is 18.0 Å². The van der Waals surface area contributed by atoms with Gasteiger partial charge >= 0.3 is 0 Å². The predicted molar refractivity (Wildman–Crippen MR) is 74.2 cm³/mol. The molecule has 1 heterocycles. The molecule has 3 N–H and O–H groups in total. The van der Waals surface area contributed by atoms with Gasteiger partial charge in [-0.25, -0.2) is 4.98 Å². The molecule has 17 heavy (non-hydrogen) atoms. The summed E-state index contributed by atoms with van der Waals surface area (Å²) in [6.45, 7) is 3.37. The molecule has 1 rings (SSSR count). The number of rotatable bonds is 7. The van der Waals surface area contributed by atoms with E-state index >= 15 is 0 Å². The minimum Gasteiger partial charge on any atom is -0.383 e. The molecule has 0 fully saturated rings. The van der Waals surface area contributed by atoms with Crippen molar-refractivity contribution in [3.05, 3.63) is 22.4 Å². The maximum absolute atomic E-state index is 5.53. The summed E-state index contributed by atoms with van der Waals surface area (Å²) < 4.78 is 6.06. The van der Waals surface area contributed by atoms with E-state index in [0.29, 0.717) is 13.2 Å². The number of nitrogens with zero attached hydrogens (tertiary/aromatic N) is 1. The highest BCUT2D eigenvalue weighted by Crippen LogP contribution is 2.18. The molecule has 0 aliphatic carbocycles. The van der Waals surface area contributed by atoms with Crippen LogP contribution < -0.4 is 11.1 Å². The van der Waals surface area contributed by atoms with Gasteiger partial charge < -0.3 is 15.8 Å². The lowest BCUT2D eigenvalue weighted by Crippen LogP contribution is -2.26. The van der Waals surface area contributed by atoms with E-state index in [0.717, 1.165) is 28.8 Å². The van der Waals surface area contributed by atoms with E-state index in [1.807, 2.05) is 19.1 Å². The minimum atomic E-state index is 0.283. The van der Waals surface area contributed by atoms with Crippen LogP contribution in [0.3, 0.4) is 0 Å². The highest BCUT2D eigenvalue weighted by molar-refractivity contribution is 9.10. The molecule has 4 nitrogen and oxygen atoms in total. The summed E-state index contributed by atoms with van der Waals surface area (Å²) >= 11 is 3.36. The third-order valence-corrected chi connectivity index (χ3v) is 2.98. The van der Waals surface area contributed by atoms with Crippen molar-refractivity contribution in [3.8, 4) is 0 Å². The van der Waals surface area contributed by atoms with Crippen molar-refractivity contribution < 1.29 is 4.74 Å². The maximum atomic E-state index is 5.53. The third kappa shape index (κ3) is 5.02. The number of anilines is 1. The molecule has 96 valence electrons. The Kier molecular flexibility index (Phi) is 6.47. The molecule has 0 aliphatic heterocycles. The molecule has 0 aliphatic rings. The molecule has 0 amide bonds. The van der Waals surface area contributed by atoms with E-state index in [1.165, 1.54) is 0 Å². The molecule has 0 saturated heterocycles. The molecule has 0 saturated carbocycles. The fourth-order valence-electron chi connectivity index (χ4n) is 1.67. The molecule has 1 unspecified atom stereocenters. The Morgan fingerprint density at radius 2 is 2.29 bits per heavy atom. The third-order valence-electron chi connectivity index (χ3n) is 2.54. The van der Waals surface area contributed by atoms with Crippen molar-refractivity contribution in [3.63, 3.8) is 0 Å². The van der Waals surface area contributed by atoms with Crippen LogP contribution in [0.15, 0.2) is 16.7 Å². The number of halogens is 1. The summed E-state index contributed by atoms with van der Waals surface area (Å²) in [6, 6.07) is 4.24. The van der Waals surface area contributed by atoms with E-state index in [1.54, 1.807) is 7.11 Å². The van der Waals surface area contributed by atoms with Crippen LogP contribution >= 0.6 is 15.9 Å². The quantitative estimate of drug-likeness (QED) is 0.759. The Hall–Kier alpha value is -0.650. The first kappa shape index (κ1) is 14.4. The number of pyridine rings is 1. The van der Waals surface area contributed by atoms with Gasteiger partial charge in [0.15, 0.2) is 0 Å². The van der Waals surface area contributed by atoms with Crippen LogP contribution in [-0.4, -0.2) is 31.3 Å². The Labute approximate surface area is 111 Å². The van der Waals surface area contributed by atoms with Crippen molar-refractivity contribution in [1.29, 1.82) is 0 Å². The number of nitrogens with one attached hydrogen (secondary N) is 1. The monoisotopic (exact) mass is 301 g/mol. The first-order valence-corrected chi connectivity index (χ1v) is 6.55. The van der Waals surface area contributed by atoms with Crippen molar-refractivity contribution in [2.75, 3.05) is 25.6 Å². The van der Waals surface area contributed by atoms with Gasteiger partial charge in [0.2, 0.25) is 0 Å². The predicted octanol–water partition coefficient (Wildman–Crippen LogP) is 2.32. The van der Waals surface area contributed by atoms with Gasteiger partial charge in [-0.1, -0.05) is 0 Å². The van der Waals surface area contributed by atoms with E-state index in [-0.39, 0.29) is 6.04 Å². The molecule has 1 aromatic heterocycles. The minimum absolute atomic E-state index is 0.283. The Morgan fingerprint density at radius 3 is 2.88 bits per heavy atom. The van der Waals surface area contributed by atoms with Gasteiger partial charge in [-0.05, 0) is 54.4 Å². The summed E-state index contributed by atoms with van der Waals surface area (Å²) in [7, 11) is 1.71. The molecular formula is C12H20BrN3O. The Bertz CT molecular complexity index is 347. The van der Waals surface area contributed by atoms with E-state index in [2.05, 4.69) is 26.2 Å². The summed E-state index contributed by atoms with van der Waals surface area (Å²) in [4.78, 5) is 4.36. The van der Waals surface area contributed by atoms with Crippen LogP contribution in [0.5, 0.6) is 0 Å². The second kappa shape index (κ2) is 7.63. The smallest absolute Gasteiger partial charge is 0.106 e. The van der Waals surface area contributed by atoms with Gasteiger partial charge in [0.25, 0.3) is 0 Å². The van der Waals surface area contributed by atoms with Crippen LogP contribution in [0, 0.1) is 6.92 Å². The number of methoxy groups -OCH3 is 1. The van der Waals surface area contributed by atoms with E-state index in [4.69, 9.17) is 10.5 Å². The standard InChI is InChI=1S/C12H20BrN3O/c1-9-11(5-6-12(13)15-9)16-10(8-17-2)4-3-7-14/h5-6,10,16H,3-4,7-8,14H2,1-2H3. The molecule has 1 atom stereocenters. The van der Waals surface area contributed by atoms with Crippen LogP contribution in [0.4, 0.5) is 5.69 Å². The lowest BCUT2D eigenvalue weighted by molar-refractivity contribution is 0.182. The summed E-state index contributed by atoms with van der Waals surface area (Å²) in [6.07, 6.45) is 1.99. The van der Waals surface area contributed by atoms with Gasteiger partial charge in [-0.15, -0.1) is 0 Å². The van der Waals surface area contributed by atoms with Crippen molar-refractivity contribution in [2.24, 2.45) is 5.73 Å². The Balaban J connectivity index is 2.64. The summed E-state index contributed by atoms with van der Waals surface area (Å²) in [5.74, 6) is 0. The molecule has 0 radical (unpaired) electrons. The van der Waals surface area contributed by atoms with Gasteiger partial charge in [0, 0.05) is 13.2 Å². The topological polar surface area (TPSA) is 60.2 Å². The van der Waals surface area contributed by atoms with Gasteiger partial charge in [-0.3, -0.25) is 0 Å². The molecule has 0 aromatic carbocycles. The second-order valence-electron chi connectivity index (χ2n) is 3.99. The normalized spacial score (nSPS) is 12.5. The van der Waals surface area contributed by atoms with Crippen LogP contribution in [-0.2, 0) is 4.74 Å². The number of ether oxygens (including phenoxy) is 1. The van der Waals surface area contributed by atoms with Crippen molar-refractivity contribution in [1.82, 2.24) is 4.98 Å². The molecule has 1 aromatic rings. The fraction of sp³-hybridized carbons (Fsp3) is 0.583. The molecular weight excluding hydrogens is 282 g/mol. The fourth-order valence-corrected chi connectivity index (χ4v) is 2.06. The molecule has 0 spiro atoms.